The molecule has 0 fully saturated rings. The SMILES string of the molecule is CS(=O)(=O)NC[C@H](CO)N1C(=O)c2ccccc2C(C(=O)NOCc2ccccn2)C1c1ccc(Cl)cc1Cl. The number of amides is 2. The van der Waals surface area contributed by atoms with Crippen molar-refractivity contribution < 1.29 is 28.0 Å². The minimum absolute atomic E-state index is 0.00644. The van der Waals surface area contributed by atoms with E-state index in [-0.39, 0.29) is 23.7 Å². The topological polar surface area (TPSA) is 138 Å². The van der Waals surface area contributed by atoms with E-state index in [0.717, 1.165) is 6.26 Å². The molecule has 3 aromatic rings. The number of rotatable bonds is 10. The second-order valence-corrected chi connectivity index (χ2v) is 11.6. The van der Waals surface area contributed by atoms with Crippen molar-refractivity contribution in [3.63, 3.8) is 0 Å². The van der Waals surface area contributed by atoms with E-state index in [9.17, 15) is 23.1 Å². The van der Waals surface area contributed by atoms with Gasteiger partial charge in [-0.1, -0.05) is 53.5 Å². The van der Waals surface area contributed by atoms with Gasteiger partial charge >= 0.3 is 0 Å². The summed E-state index contributed by atoms with van der Waals surface area (Å²) in [6.45, 7) is -0.897. The van der Waals surface area contributed by atoms with Crippen LogP contribution in [0.1, 0.15) is 39.1 Å². The van der Waals surface area contributed by atoms with E-state index in [1.807, 2.05) is 0 Å². The molecule has 2 aromatic carbocycles. The number of aliphatic hydroxyl groups is 1. The number of sulfonamides is 1. The van der Waals surface area contributed by atoms with Gasteiger partial charge in [-0.3, -0.25) is 19.4 Å². The van der Waals surface area contributed by atoms with Crippen LogP contribution < -0.4 is 10.2 Å². The number of hydroxylamine groups is 1. The van der Waals surface area contributed by atoms with Gasteiger partial charge < -0.3 is 10.0 Å². The molecule has 3 N–H and O–H groups in total. The highest BCUT2D eigenvalue weighted by atomic mass is 35.5. The Balaban J connectivity index is 1.79. The smallest absolute Gasteiger partial charge is 0.255 e. The van der Waals surface area contributed by atoms with Gasteiger partial charge in [-0.25, -0.2) is 18.6 Å². The average Bonchev–Trinajstić information content (AvgIpc) is 2.90. The molecule has 206 valence electrons. The number of hydrogen-bond donors (Lipinski definition) is 3. The van der Waals surface area contributed by atoms with Crippen molar-refractivity contribution in [1.82, 2.24) is 20.1 Å². The Morgan fingerprint density at radius 3 is 2.54 bits per heavy atom. The van der Waals surface area contributed by atoms with Crippen LogP contribution in [-0.4, -0.2) is 60.7 Å². The van der Waals surface area contributed by atoms with E-state index in [0.29, 0.717) is 21.8 Å². The second kappa shape index (κ2) is 12.4. The summed E-state index contributed by atoms with van der Waals surface area (Å²) in [6.07, 6.45) is 2.57. The highest BCUT2D eigenvalue weighted by molar-refractivity contribution is 7.88. The standard InChI is InChI=1S/C26H26Cl2N4O6S/c1-39(36,37)30-13-18(14-33)32-24(21-10-9-16(27)12-22(21)28)23(19-7-2-3-8-20(19)26(32)35)25(34)31-38-15-17-6-4-5-11-29-17/h2-12,18,23-24,30,33H,13-15H2,1H3,(H,31,34)/t18-,23?,24?/m1/s1. The van der Waals surface area contributed by atoms with E-state index in [1.165, 1.54) is 11.0 Å². The van der Waals surface area contributed by atoms with Gasteiger partial charge in [0.15, 0.2) is 0 Å². The van der Waals surface area contributed by atoms with Crippen LogP contribution in [0.3, 0.4) is 0 Å². The summed E-state index contributed by atoms with van der Waals surface area (Å²) >= 11 is 12.7. The van der Waals surface area contributed by atoms with Gasteiger partial charge in [0.1, 0.15) is 6.61 Å². The van der Waals surface area contributed by atoms with Crippen LogP contribution >= 0.6 is 23.2 Å². The third-order valence-corrected chi connectivity index (χ3v) is 7.50. The monoisotopic (exact) mass is 592 g/mol. The van der Waals surface area contributed by atoms with E-state index in [2.05, 4.69) is 15.2 Å². The lowest BCUT2D eigenvalue weighted by Crippen LogP contribution is -2.55. The number of fused-ring (bicyclic) bond motifs is 1. The molecule has 2 unspecified atom stereocenters. The van der Waals surface area contributed by atoms with Crippen molar-refractivity contribution in [2.45, 2.75) is 24.6 Å². The first-order valence-electron chi connectivity index (χ1n) is 11.8. The second-order valence-electron chi connectivity index (χ2n) is 8.92. The molecule has 4 rings (SSSR count). The van der Waals surface area contributed by atoms with Crippen LogP contribution in [0.25, 0.3) is 0 Å². The van der Waals surface area contributed by atoms with Gasteiger partial charge in [-0.15, -0.1) is 0 Å². The highest BCUT2D eigenvalue weighted by Crippen LogP contribution is 2.46. The summed E-state index contributed by atoms with van der Waals surface area (Å²) in [7, 11) is -3.66. The number of aliphatic hydroxyl groups excluding tert-OH is 1. The van der Waals surface area contributed by atoms with Crippen LogP contribution in [-0.2, 0) is 26.3 Å². The van der Waals surface area contributed by atoms with Crippen molar-refractivity contribution in [3.8, 4) is 0 Å². The zero-order valence-corrected chi connectivity index (χ0v) is 23.1. The zero-order chi connectivity index (χ0) is 28.2. The van der Waals surface area contributed by atoms with Gasteiger partial charge in [0, 0.05) is 28.4 Å². The third-order valence-electron chi connectivity index (χ3n) is 6.24. The summed E-state index contributed by atoms with van der Waals surface area (Å²) in [4.78, 5) is 38.5. The van der Waals surface area contributed by atoms with Crippen LogP contribution in [0.5, 0.6) is 0 Å². The number of benzene rings is 2. The Morgan fingerprint density at radius 2 is 1.87 bits per heavy atom. The normalized spacial score (nSPS) is 17.9. The fraction of sp³-hybridized carbons (Fsp3) is 0.269. The minimum atomic E-state index is -3.66. The zero-order valence-electron chi connectivity index (χ0n) is 20.8. The molecular weight excluding hydrogens is 567 g/mol. The van der Waals surface area contributed by atoms with Gasteiger partial charge in [-0.2, -0.15) is 0 Å². The summed E-state index contributed by atoms with van der Waals surface area (Å²) in [5.74, 6) is -2.14. The average molecular weight is 593 g/mol. The first-order chi connectivity index (χ1) is 18.6. The number of aromatic nitrogens is 1. The number of nitrogens with one attached hydrogen (secondary N) is 2. The van der Waals surface area contributed by atoms with Crippen LogP contribution in [0.2, 0.25) is 10.0 Å². The number of hydrogen-bond acceptors (Lipinski definition) is 7. The lowest BCUT2D eigenvalue weighted by atomic mass is 9.78. The van der Waals surface area contributed by atoms with Crippen LogP contribution in [0.4, 0.5) is 0 Å². The first kappa shape index (κ1) is 28.9. The molecule has 0 saturated heterocycles. The molecule has 0 aliphatic carbocycles. The van der Waals surface area contributed by atoms with Gasteiger partial charge in [-0.05, 0) is 41.5 Å². The lowest BCUT2D eigenvalue weighted by molar-refractivity contribution is -0.138. The Hall–Kier alpha value is -3.06. The maximum Gasteiger partial charge on any atom is 0.255 e. The lowest BCUT2D eigenvalue weighted by Gasteiger charge is -2.45. The van der Waals surface area contributed by atoms with E-state index in [4.69, 9.17) is 28.0 Å². The number of carbonyl (C=O) groups excluding carboxylic acids is 2. The van der Waals surface area contributed by atoms with Gasteiger partial charge in [0.2, 0.25) is 10.0 Å². The minimum Gasteiger partial charge on any atom is -0.394 e. The molecule has 0 bridgehead atoms. The number of pyridine rings is 1. The van der Waals surface area contributed by atoms with E-state index >= 15 is 0 Å². The Morgan fingerprint density at radius 1 is 1.13 bits per heavy atom. The van der Waals surface area contributed by atoms with Crippen LogP contribution in [0, 0.1) is 0 Å². The van der Waals surface area contributed by atoms with Crippen molar-refractivity contribution in [2.24, 2.45) is 0 Å². The molecule has 1 aliphatic heterocycles. The maximum atomic E-state index is 13.9. The molecule has 1 aliphatic rings. The maximum absolute atomic E-state index is 13.9. The summed E-state index contributed by atoms with van der Waals surface area (Å²) < 4.78 is 26.0. The molecule has 2 amide bonds. The number of carbonyl (C=O) groups is 2. The highest BCUT2D eigenvalue weighted by Gasteiger charge is 2.47. The van der Waals surface area contributed by atoms with Crippen molar-refractivity contribution in [1.29, 1.82) is 0 Å². The van der Waals surface area contributed by atoms with Crippen molar-refractivity contribution in [3.05, 3.63) is 99.3 Å². The number of nitrogens with zero attached hydrogens (tertiary/aromatic N) is 2. The molecule has 0 radical (unpaired) electrons. The quantitative estimate of drug-likeness (QED) is 0.308. The molecular formula is C26H26Cl2N4O6S. The molecule has 2 heterocycles. The Kier molecular flexibility index (Phi) is 9.21. The molecule has 0 saturated carbocycles. The molecule has 10 nitrogen and oxygen atoms in total. The fourth-order valence-electron chi connectivity index (χ4n) is 4.53. The number of halogens is 2. The summed E-state index contributed by atoms with van der Waals surface area (Å²) in [5.41, 5.74) is 4.07. The largest absolute Gasteiger partial charge is 0.394 e. The van der Waals surface area contributed by atoms with Crippen LogP contribution in [0.15, 0.2) is 66.9 Å². The predicted molar refractivity (Wildman–Crippen MR) is 145 cm³/mol. The Bertz CT molecular complexity index is 1460. The summed E-state index contributed by atoms with van der Waals surface area (Å²) in [5, 5.41) is 10.8. The molecule has 1 aromatic heterocycles. The molecule has 0 spiro atoms. The molecule has 13 heteroatoms. The van der Waals surface area contributed by atoms with Gasteiger partial charge in [0.25, 0.3) is 11.8 Å². The van der Waals surface area contributed by atoms with Crippen molar-refractivity contribution in [2.75, 3.05) is 19.4 Å². The summed E-state index contributed by atoms with van der Waals surface area (Å²) in [6, 6.07) is 14.4. The van der Waals surface area contributed by atoms with Crippen molar-refractivity contribution >= 4 is 45.0 Å². The molecule has 39 heavy (non-hydrogen) atoms. The fourth-order valence-corrected chi connectivity index (χ4v) is 5.55. The Labute approximate surface area is 235 Å². The predicted octanol–water partition coefficient (Wildman–Crippen LogP) is 2.83. The third kappa shape index (κ3) is 6.75. The first-order valence-corrected chi connectivity index (χ1v) is 14.5. The molecule has 3 atom stereocenters. The van der Waals surface area contributed by atoms with E-state index < -0.39 is 46.4 Å². The van der Waals surface area contributed by atoms with E-state index in [1.54, 1.807) is 60.8 Å². The van der Waals surface area contributed by atoms with Gasteiger partial charge in [0.05, 0.1) is 36.6 Å².